The van der Waals surface area contributed by atoms with Gasteiger partial charge in [0.1, 0.15) is 0 Å². The van der Waals surface area contributed by atoms with Crippen molar-refractivity contribution in [2.45, 2.75) is 38.8 Å². The largest absolute Gasteiger partial charge is 0.381 e. The van der Waals surface area contributed by atoms with Crippen LogP contribution in [0, 0.1) is 6.92 Å². The van der Waals surface area contributed by atoms with Gasteiger partial charge in [0.05, 0.1) is 12.6 Å². The van der Waals surface area contributed by atoms with Crippen molar-refractivity contribution >= 4 is 5.91 Å². The van der Waals surface area contributed by atoms with Crippen LogP contribution in [-0.4, -0.2) is 77.8 Å². The number of nitrogens with zero attached hydrogens (tertiary/aromatic N) is 4. The van der Waals surface area contributed by atoms with Gasteiger partial charge < -0.3 is 14.6 Å². The van der Waals surface area contributed by atoms with Crippen molar-refractivity contribution in [2.24, 2.45) is 0 Å². The molecule has 2 saturated heterocycles. The first-order chi connectivity index (χ1) is 11.6. The molecule has 1 amide bonds. The first-order valence-electron chi connectivity index (χ1n) is 8.75. The van der Waals surface area contributed by atoms with E-state index in [2.05, 4.69) is 32.2 Å². The fraction of sp³-hybridized carbons (Fsp3) is 0.812. The van der Waals surface area contributed by atoms with Gasteiger partial charge in [0, 0.05) is 45.4 Å². The summed E-state index contributed by atoms with van der Waals surface area (Å²) >= 11 is 0. The van der Waals surface area contributed by atoms with Crippen LogP contribution in [0.3, 0.4) is 0 Å². The van der Waals surface area contributed by atoms with E-state index in [4.69, 9.17) is 9.26 Å². The third kappa shape index (κ3) is 4.52. The van der Waals surface area contributed by atoms with E-state index in [0.717, 1.165) is 52.2 Å². The molecule has 1 atom stereocenters. The van der Waals surface area contributed by atoms with Gasteiger partial charge >= 0.3 is 0 Å². The summed E-state index contributed by atoms with van der Waals surface area (Å²) < 4.78 is 10.6. The van der Waals surface area contributed by atoms with Crippen LogP contribution in [0.2, 0.25) is 0 Å². The zero-order chi connectivity index (χ0) is 16.9. The molecule has 24 heavy (non-hydrogen) atoms. The molecule has 1 aromatic rings. The Bertz CT molecular complexity index is 536. The maximum absolute atomic E-state index is 12.2. The molecule has 0 saturated carbocycles. The van der Waals surface area contributed by atoms with Gasteiger partial charge in [-0.3, -0.25) is 14.6 Å². The van der Waals surface area contributed by atoms with E-state index in [9.17, 15) is 4.79 Å². The second kappa shape index (κ2) is 8.04. The number of carbonyl (C=O) groups is 1. The maximum atomic E-state index is 12.2. The van der Waals surface area contributed by atoms with Gasteiger partial charge in [-0.25, -0.2) is 0 Å². The molecule has 2 aliphatic heterocycles. The lowest BCUT2D eigenvalue weighted by Crippen LogP contribution is -2.51. The molecule has 2 fully saturated rings. The topological polar surface area (TPSA) is 83.7 Å². The Labute approximate surface area is 142 Å². The van der Waals surface area contributed by atoms with E-state index in [1.165, 1.54) is 0 Å². The lowest BCUT2D eigenvalue weighted by atomic mass is 10.1. The van der Waals surface area contributed by atoms with Crippen LogP contribution in [0.4, 0.5) is 0 Å². The Kier molecular flexibility index (Phi) is 5.80. The van der Waals surface area contributed by atoms with Crippen LogP contribution >= 0.6 is 0 Å². The summed E-state index contributed by atoms with van der Waals surface area (Å²) in [6, 6.07) is 0.387. The summed E-state index contributed by atoms with van der Waals surface area (Å²) in [5, 5.41) is 6.98. The molecular weight excluding hydrogens is 310 g/mol. The zero-order valence-electron chi connectivity index (χ0n) is 14.5. The van der Waals surface area contributed by atoms with Crippen molar-refractivity contribution < 1.29 is 14.1 Å². The number of aryl methyl sites for hydroxylation is 1. The zero-order valence-corrected chi connectivity index (χ0v) is 14.5. The number of carbonyl (C=O) groups excluding carboxylic acids is 1. The third-order valence-electron chi connectivity index (χ3n) is 4.81. The lowest BCUT2D eigenvalue weighted by molar-refractivity contribution is -0.124. The highest BCUT2D eigenvalue weighted by Crippen LogP contribution is 2.19. The summed E-state index contributed by atoms with van der Waals surface area (Å²) in [7, 11) is 0. The molecule has 0 unspecified atom stereocenters. The van der Waals surface area contributed by atoms with Crippen molar-refractivity contribution in [3.8, 4) is 0 Å². The third-order valence-corrected chi connectivity index (χ3v) is 4.81. The van der Waals surface area contributed by atoms with Gasteiger partial charge in [-0.15, -0.1) is 0 Å². The highest BCUT2D eigenvalue weighted by Gasteiger charge is 2.26. The number of rotatable bonds is 5. The van der Waals surface area contributed by atoms with Crippen molar-refractivity contribution in [2.75, 3.05) is 45.9 Å². The standard InChI is InChI=1S/C16H27N5O3/c1-12(16-17-13(2)19-24-16)21-7-5-20(6-8-21)11-15(22)18-14-3-9-23-10-4-14/h12,14H,3-11H2,1-2H3,(H,18,22)/t12-/m0/s1. The van der Waals surface area contributed by atoms with Gasteiger partial charge in [-0.2, -0.15) is 4.98 Å². The highest BCUT2D eigenvalue weighted by molar-refractivity contribution is 5.78. The summed E-state index contributed by atoms with van der Waals surface area (Å²) in [5.41, 5.74) is 0. The Morgan fingerprint density at radius 2 is 2.00 bits per heavy atom. The smallest absolute Gasteiger partial charge is 0.243 e. The average Bonchev–Trinajstić information content (AvgIpc) is 3.02. The van der Waals surface area contributed by atoms with Crippen molar-refractivity contribution in [1.82, 2.24) is 25.3 Å². The highest BCUT2D eigenvalue weighted by atomic mass is 16.5. The number of nitrogens with one attached hydrogen (secondary N) is 1. The van der Waals surface area contributed by atoms with Crippen molar-refractivity contribution in [3.63, 3.8) is 0 Å². The Hall–Kier alpha value is -1.51. The second-order valence-corrected chi connectivity index (χ2v) is 6.62. The number of aromatic nitrogens is 2. The van der Waals surface area contributed by atoms with E-state index < -0.39 is 0 Å². The predicted octanol–water partition coefficient (Wildman–Crippen LogP) is 0.352. The molecule has 1 N–H and O–H groups in total. The monoisotopic (exact) mass is 337 g/mol. The fourth-order valence-electron chi connectivity index (χ4n) is 3.27. The average molecular weight is 337 g/mol. The Morgan fingerprint density at radius 1 is 1.29 bits per heavy atom. The number of amides is 1. The molecule has 0 aromatic carbocycles. The van der Waals surface area contributed by atoms with Crippen LogP contribution in [0.5, 0.6) is 0 Å². The Morgan fingerprint density at radius 3 is 2.62 bits per heavy atom. The molecule has 0 spiro atoms. The SMILES string of the molecule is Cc1noc([C@H](C)N2CCN(CC(=O)NC3CCOCC3)CC2)n1. The summed E-state index contributed by atoms with van der Waals surface area (Å²) in [4.78, 5) is 21.0. The molecular formula is C16H27N5O3. The molecule has 0 aliphatic carbocycles. The van der Waals surface area contributed by atoms with Gasteiger partial charge in [0.25, 0.3) is 0 Å². The number of ether oxygens (including phenoxy) is 1. The van der Waals surface area contributed by atoms with Gasteiger partial charge in [-0.05, 0) is 26.7 Å². The molecule has 0 radical (unpaired) electrons. The molecule has 134 valence electrons. The molecule has 0 bridgehead atoms. The minimum Gasteiger partial charge on any atom is -0.381 e. The second-order valence-electron chi connectivity index (χ2n) is 6.62. The summed E-state index contributed by atoms with van der Waals surface area (Å²) in [5.74, 6) is 1.45. The molecule has 2 aliphatic rings. The normalized spacial score (nSPS) is 22.4. The van der Waals surface area contributed by atoms with E-state index in [1.54, 1.807) is 0 Å². The lowest BCUT2D eigenvalue weighted by Gasteiger charge is -2.36. The maximum Gasteiger partial charge on any atom is 0.243 e. The molecule has 3 heterocycles. The van der Waals surface area contributed by atoms with E-state index >= 15 is 0 Å². The first-order valence-corrected chi connectivity index (χ1v) is 8.75. The first kappa shape index (κ1) is 17.3. The predicted molar refractivity (Wildman–Crippen MR) is 87.4 cm³/mol. The molecule has 8 nitrogen and oxygen atoms in total. The van der Waals surface area contributed by atoms with Crippen LogP contribution in [0.15, 0.2) is 4.52 Å². The Balaban J connectivity index is 1.40. The fourth-order valence-corrected chi connectivity index (χ4v) is 3.27. The van der Waals surface area contributed by atoms with Crippen LogP contribution in [-0.2, 0) is 9.53 Å². The minimum absolute atomic E-state index is 0.115. The van der Waals surface area contributed by atoms with Crippen LogP contribution < -0.4 is 5.32 Å². The van der Waals surface area contributed by atoms with Crippen LogP contribution in [0.1, 0.15) is 37.5 Å². The van der Waals surface area contributed by atoms with Crippen molar-refractivity contribution in [1.29, 1.82) is 0 Å². The number of piperazine rings is 1. The van der Waals surface area contributed by atoms with Gasteiger partial charge in [0.2, 0.25) is 11.8 Å². The van der Waals surface area contributed by atoms with Gasteiger partial charge in [-0.1, -0.05) is 5.16 Å². The van der Waals surface area contributed by atoms with Crippen LogP contribution in [0.25, 0.3) is 0 Å². The van der Waals surface area contributed by atoms with Crippen molar-refractivity contribution in [3.05, 3.63) is 11.7 Å². The molecule has 8 heteroatoms. The van der Waals surface area contributed by atoms with E-state index in [-0.39, 0.29) is 18.0 Å². The minimum atomic E-state index is 0.115. The number of hydrogen-bond donors (Lipinski definition) is 1. The molecule has 1 aromatic heterocycles. The quantitative estimate of drug-likeness (QED) is 0.830. The number of hydrogen-bond acceptors (Lipinski definition) is 7. The van der Waals surface area contributed by atoms with E-state index in [0.29, 0.717) is 18.3 Å². The van der Waals surface area contributed by atoms with Gasteiger partial charge in [0.15, 0.2) is 5.82 Å². The van der Waals surface area contributed by atoms with E-state index in [1.807, 2.05) is 6.92 Å². The molecule has 3 rings (SSSR count). The summed E-state index contributed by atoms with van der Waals surface area (Å²) in [6.07, 6.45) is 1.83. The summed E-state index contributed by atoms with van der Waals surface area (Å²) in [6.45, 7) is 9.42.